The maximum atomic E-state index is 9.70. The van der Waals surface area contributed by atoms with Crippen LogP contribution in [0.15, 0.2) is 53.9 Å². The zero-order chi connectivity index (χ0) is 12.3. The molecule has 3 nitrogen and oxygen atoms in total. The van der Waals surface area contributed by atoms with Gasteiger partial charge in [-0.15, -0.1) is 0 Å². The predicted octanol–water partition coefficient (Wildman–Crippen LogP) is 1.66. The quantitative estimate of drug-likeness (QED) is 0.740. The second-order valence-corrected chi connectivity index (χ2v) is 4.33. The van der Waals surface area contributed by atoms with E-state index in [4.69, 9.17) is 5.73 Å². The molecule has 1 aliphatic carbocycles. The summed E-state index contributed by atoms with van der Waals surface area (Å²) in [5, 5.41) is 13.0. The lowest BCUT2D eigenvalue weighted by Crippen LogP contribution is -2.30. The van der Waals surface area contributed by atoms with Crippen LogP contribution in [0.4, 0.5) is 0 Å². The van der Waals surface area contributed by atoms with E-state index in [9.17, 15) is 5.11 Å². The molecule has 1 aromatic carbocycles. The highest BCUT2D eigenvalue weighted by atomic mass is 16.3. The first-order valence-electron chi connectivity index (χ1n) is 5.82. The Morgan fingerprint density at radius 3 is 2.76 bits per heavy atom. The van der Waals surface area contributed by atoms with Gasteiger partial charge in [0.15, 0.2) is 0 Å². The Hall–Kier alpha value is -1.74. The van der Waals surface area contributed by atoms with Gasteiger partial charge in [-0.3, -0.25) is 0 Å². The molecular weight excluding hydrogens is 212 g/mol. The Balaban J connectivity index is 2.07. The minimum Gasteiger partial charge on any atom is -0.398 e. The van der Waals surface area contributed by atoms with E-state index >= 15 is 0 Å². The minimum absolute atomic E-state index is 0.511. The lowest BCUT2D eigenvalue weighted by Gasteiger charge is -2.25. The van der Waals surface area contributed by atoms with Gasteiger partial charge in [0, 0.05) is 6.54 Å². The van der Waals surface area contributed by atoms with Crippen molar-refractivity contribution in [1.82, 2.24) is 5.32 Å². The normalized spacial score (nSPS) is 20.5. The second kappa shape index (κ2) is 5.06. The maximum Gasteiger partial charge on any atom is 0.0956 e. The fraction of sp³-hybridized carbons (Fsp3) is 0.286. The summed E-state index contributed by atoms with van der Waals surface area (Å²) in [5.74, 6) is 0. The molecule has 0 saturated heterocycles. The molecule has 0 fully saturated rings. The topological polar surface area (TPSA) is 58.3 Å². The average molecular weight is 230 g/mol. The first-order chi connectivity index (χ1) is 8.18. The van der Waals surface area contributed by atoms with Crippen molar-refractivity contribution in [1.29, 1.82) is 0 Å². The fourth-order valence-corrected chi connectivity index (χ4v) is 1.98. The first-order valence-corrected chi connectivity index (χ1v) is 5.82. The number of hydrogen-bond donors (Lipinski definition) is 3. The van der Waals surface area contributed by atoms with Crippen molar-refractivity contribution < 1.29 is 5.11 Å². The molecule has 0 aromatic heterocycles. The van der Waals surface area contributed by atoms with Crippen molar-refractivity contribution in [3.63, 3.8) is 0 Å². The third kappa shape index (κ3) is 2.68. The zero-order valence-electron chi connectivity index (χ0n) is 9.82. The molecule has 0 heterocycles. The van der Waals surface area contributed by atoms with E-state index in [1.54, 1.807) is 0 Å². The Bertz CT molecular complexity index is 437. The number of hydrogen-bond acceptors (Lipinski definition) is 3. The molecule has 1 unspecified atom stereocenters. The van der Waals surface area contributed by atoms with Crippen LogP contribution in [-0.2, 0) is 6.54 Å². The van der Waals surface area contributed by atoms with Crippen LogP contribution < -0.4 is 11.1 Å². The molecular formula is C14H18N2O. The van der Waals surface area contributed by atoms with E-state index < -0.39 is 6.10 Å². The van der Waals surface area contributed by atoms with Gasteiger partial charge in [0.2, 0.25) is 0 Å². The van der Waals surface area contributed by atoms with E-state index in [0.29, 0.717) is 18.7 Å². The molecule has 17 heavy (non-hydrogen) atoms. The summed E-state index contributed by atoms with van der Waals surface area (Å²) in [5.41, 5.74) is 9.36. The molecule has 0 aliphatic heterocycles. The maximum absolute atomic E-state index is 9.70. The van der Waals surface area contributed by atoms with Gasteiger partial charge in [0.05, 0.1) is 17.5 Å². The van der Waals surface area contributed by atoms with Gasteiger partial charge in [-0.2, -0.15) is 0 Å². The van der Waals surface area contributed by atoms with Crippen molar-refractivity contribution in [2.24, 2.45) is 5.73 Å². The number of aliphatic hydroxyl groups excluding tert-OH is 1. The van der Waals surface area contributed by atoms with Crippen molar-refractivity contribution in [2.75, 3.05) is 0 Å². The van der Waals surface area contributed by atoms with Crippen LogP contribution in [0.3, 0.4) is 0 Å². The van der Waals surface area contributed by atoms with Gasteiger partial charge in [0.1, 0.15) is 0 Å². The van der Waals surface area contributed by atoms with Crippen molar-refractivity contribution in [3.05, 3.63) is 59.4 Å². The average Bonchev–Trinajstić information content (AvgIpc) is 2.35. The van der Waals surface area contributed by atoms with Crippen molar-refractivity contribution in [3.8, 4) is 0 Å². The van der Waals surface area contributed by atoms with Crippen LogP contribution in [0.2, 0.25) is 0 Å². The number of rotatable bonds is 3. The molecule has 90 valence electrons. The lowest BCUT2D eigenvalue weighted by molar-refractivity contribution is 0.192. The molecule has 0 radical (unpaired) electrons. The van der Waals surface area contributed by atoms with E-state index in [2.05, 4.69) is 11.9 Å². The van der Waals surface area contributed by atoms with Crippen LogP contribution >= 0.6 is 0 Å². The molecule has 1 atom stereocenters. The molecule has 1 aliphatic rings. The molecule has 2 rings (SSSR count). The molecule has 1 aromatic rings. The molecule has 4 N–H and O–H groups in total. The van der Waals surface area contributed by atoms with Gasteiger partial charge < -0.3 is 16.2 Å². The van der Waals surface area contributed by atoms with Crippen LogP contribution in [0.25, 0.3) is 0 Å². The summed E-state index contributed by atoms with van der Waals surface area (Å²) < 4.78 is 0. The fourth-order valence-electron chi connectivity index (χ4n) is 1.98. The highest BCUT2D eigenvalue weighted by Crippen LogP contribution is 2.24. The van der Waals surface area contributed by atoms with Gasteiger partial charge >= 0.3 is 0 Å². The van der Waals surface area contributed by atoms with Gasteiger partial charge in [-0.05, 0) is 24.0 Å². The number of aliphatic hydroxyl groups is 1. The van der Waals surface area contributed by atoms with Crippen LogP contribution in [0.5, 0.6) is 0 Å². The standard InChI is InChI=1S/C14H18N2O/c1-10-7-8-12(17)13(15)14(10)16-9-11-5-3-2-4-6-11/h2-6,12,16-17H,1,7-9,15H2. The van der Waals surface area contributed by atoms with E-state index in [-0.39, 0.29) is 0 Å². The zero-order valence-corrected chi connectivity index (χ0v) is 9.82. The molecule has 0 spiro atoms. The molecule has 3 heteroatoms. The largest absolute Gasteiger partial charge is 0.398 e. The number of nitrogens with one attached hydrogen (secondary N) is 1. The third-order valence-corrected chi connectivity index (χ3v) is 3.03. The molecule has 0 bridgehead atoms. The highest BCUT2D eigenvalue weighted by Gasteiger charge is 2.20. The highest BCUT2D eigenvalue weighted by molar-refractivity contribution is 5.36. The number of nitrogens with two attached hydrogens (primary N) is 1. The summed E-state index contributed by atoms with van der Waals surface area (Å²) in [6.07, 6.45) is 0.916. The summed E-state index contributed by atoms with van der Waals surface area (Å²) >= 11 is 0. The summed E-state index contributed by atoms with van der Waals surface area (Å²) in [7, 11) is 0. The Labute approximate surface area is 102 Å². The second-order valence-electron chi connectivity index (χ2n) is 4.33. The Kier molecular flexibility index (Phi) is 3.49. The number of benzene rings is 1. The Morgan fingerprint density at radius 1 is 1.35 bits per heavy atom. The van der Waals surface area contributed by atoms with Crippen LogP contribution in [0.1, 0.15) is 18.4 Å². The summed E-state index contributed by atoms with van der Waals surface area (Å²) in [6.45, 7) is 4.68. The lowest BCUT2D eigenvalue weighted by atomic mass is 9.95. The monoisotopic (exact) mass is 230 g/mol. The van der Waals surface area contributed by atoms with Crippen LogP contribution in [0, 0.1) is 0 Å². The third-order valence-electron chi connectivity index (χ3n) is 3.03. The van der Waals surface area contributed by atoms with Crippen molar-refractivity contribution >= 4 is 0 Å². The SMILES string of the molecule is C=C1CCC(O)C(N)=C1NCc1ccccc1. The van der Waals surface area contributed by atoms with E-state index in [0.717, 1.165) is 17.7 Å². The van der Waals surface area contributed by atoms with Crippen molar-refractivity contribution in [2.45, 2.75) is 25.5 Å². The van der Waals surface area contributed by atoms with Gasteiger partial charge in [-0.1, -0.05) is 36.9 Å². The minimum atomic E-state index is -0.543. The number of allylic oxidation sites excluding steroid dienone is 1. The Morgan fingerprint density at radius 2 is 2.06 bits per heavy atom. The van der Waals surface area contributed by atoms with E-state index in [1.807, 2.05) is 30.3 Å². The van der Waals surface area contributed by atoms with Crippen LogP contribution in [-0.4, -0.2) is 11.2 Å². The van der Waals surface area contributed by atoms with Gasteiger partial charge in [0.25, 0.3) is 0 Å². The van der Waals surface area contributed by atoms with Gasteiger partial charge in [-0.25, -0.2) is 0 Å². The molecule has 0 saturated carbocycles. The molecule has 0 amide bonds. The first kappa shape index (κ1) is 11.7. The summed E-state index contributed by atoms with van der Waals surface area (Å²) in [4.78, 5) is 0. The predicted molar refractivity (Wildman–Crippen MR) is 68.9 cm³/mol. The smallest absolute Gasteiger partial charge is 0.0956 e. The van der Waals surface area contributed by atoms with E-state index in [1.165, 1.54) is 5.56 Å². The summed E-state index contributed by atoms with van der Waals surface area (Å²) in [6, 6.07) is 10.1.